The van der Waals surface area contributed by atoms with E-state index in [-0.39, 0.29) is 35.6 Å². The Morgan fingerprint density at radius 3 is 2.38 bits per heavy atom. The van der Waals surface area contributed by atoms with Gasteiger partial charge in [0, 0.05) is 34.8 Å². The molecule has 0 aliphatic carbocycles. The summed E-state index contributed by atoms with van der Waals surface area (Å²) >= 11 is 3.04. The van der Waals surface area contributed by atoms with Crippen LogP contribution in [0, 0.1) is 12.8 Å². The number of anilines is 1. The van der Waals surface area contributed by atoms with Gasteiger partial charge in [0.05, 0.1) is 15.5 Å². The number of rotatable bonds is 6. The highest BCUT2D eigenvalue weighted by Gasteiger charge is 2.32. The Hall–Kier alpha value is -2.40. The molecular weight excluding hydrogens is 466 g/mol. The van der Waals surface area contributed by atoms with Gasteiger partial charge in [-0.1, -0.05) is 12.1 Å². The van der Waals surface area contributed by atoms with Crippen LogP contribution in [-0.2, 0) is 14.8 Å². The number of sulfonamides is 1. The van der Waals surface area contributed by atoms with E-state index >= 15 is 0 Å². The van der Waals surface area contributed by atoms with E-state index in [2.05, 4.69) is 10.3 Å². The lowest BCUT2D eigenvalue weighted by molar-refractivity contribution is -0.120. The second kappa shape index (κ2) is 9.22. The number of Topliss-reactive ketones (excluding diaryl/α,β-unsaturated/α-hetero) is 1. The number of piperidine rings is 1. The average molecular weight is 490 g/mol. The smallest absolute Gasteiger partial charge is 0.243 e. The van der Waals surface area contributed by atoms with Crippen molar-refractivity contribution in [3.8, 4) is 10.6 Å². The maximum Gasteiger partial charge on any atom is 0.243 e. The van der Waals surface area contributed by atoms with Crippen molar-refractivity contribution < 1.29 is 18.0 Å². The molecule has 1 N–H and O–H groups in total. The first-order valence-electron chi connectivity index (χ1n) is 10.2. The summed E-state index contributed by atoms with van der Waals surface area (Å²) in [4.78, 5) is 31.0. The first kappa shape index (κ1) is 22.8. The third kappa shape index (κ3) is 4.83. The molecule has 0 spiro atoms. The lowest BCUT2D eigenvalue weighted by atomic mass is 9.97. The molecular formula is C22H23N3O4S3. The summed E-state index contributed by atoms with van der Waals surface area (Å²) in [5.74, 6) is -0.507. The molecule has 1 fully saturated rings. The van der Waals surface area contributed by atoms with Crippen LogP contribution in [0.15, 0.2) is 46.7 Å². The van der Waals surface area contributed by atoms with Crippen LogP contribution in [0.3, 0.4) is 0 Å². The molecule has 10 heteroatoms. The molecule has 32 heavy (non-hydrogen) atoms. The molecule has 1 aliphatic heterocycles. The number of hydrogen-bond acceptors (Lipinski definition) is 7. The van der Waals surface area contributed by atoms with Crippen LogP contribution in [0.5, 0.6) is 0 Å². The molecule has 4 rings (SSSR count). The van der Waals surface area contributed by atoms with E-state index in [9.17, 15) is 18.0 Å². The van der Waals surface area contributed by atoms with E-state index in [0.717, 1.165) is 10.6 Å². The topological polar surface area (TPSA) is 96.4 Å². The standard InChI is InChI=1S/C22H23N3O4S3/c1-14-3-8-20(31-14)19-13-30-22(23-19)24-21(27)17-9-11-25(12-10-17)32(28,29)18-6-4-16(5-7-18)15(2)26/h3-8,13,17H,9-12H2,1-2H3,(H,23,24,27). The Kier molecular flexibility index (Phi) is 6.57. The summed E-state index contributed by atoms with van der Waals surface area (Å²) in [5, 5.41) is 5.36. The Balaban J connectivity index is 1.35. The fourth-order valence-corrected chi connectivity index (χ4v) is 6.68. The zero-order valence-electron chi connectivity index (χ0n) is 17.7. The van der Waals surface area contributed by atoms with E-state index in [1.807, 2.05) is 24.4 Å². The minimum atomic E-state index is -3.66. The average Bonchev–Trinajstić information content (AvgIpc) is 3.42. The van der Waals surface area contributed by atoms with Gasteiger partial charge in [-0.3, -0.25) is 9.59 Å². The predicted octanol–water partition coefficient (Wildman–Crippen LogP) is 4.42. The van der Waals surface area contributed by atoms with Gasteiger partial charge in [0.1, 0.15) is 0 Å². The lowest BCUT2D eigenvalue weighted by Gasteiger charge is -2.30. The van der Waals surface area contributed by atoms with E-state index in [1.165, 1.54) is 51.7 Å². The van der Waals surface area contributed by atoms with E-state index < -0.39 is 10.0 Å². The number of thiophene rings is 1. The highest BCUT2D eigenvalue weighted by atomic mass is 32.2. The van der Waals surface area contributed by atoms with Crippen LogP contribution in [0.4, 0.5) is 5.13 Å². The SMILES string of the molecule is CC(=O)c1ccc(S(=O)(=O)N2CCC(C(=O)Nc3nc(-c4ccc(C)s4)cs3)CC2)cc1. The van der Waals surface area contributed by atoms with Gasteiger partial charge < -0.3 is 5.32 Å². The number of nitrogens with one attached hydrogen (secondary N) is 1. The minimum Gasteiger partial charge on any atom is -0.302 e. The van der Waals surface area contributed by atoms with Crippen LogP contribution in [0.1, 0.15) is 35.0 Å². The molecule has 3 heterocycles. The molecule has 0 unspecified atom stereocenters. The summed E-state index contributed by atoms with van der Waals surface area (Å²) in [6.07, 6.45) is 0.887. The van der Waals surface area contributed by atoms with Crippen LogP contribution in [0.25, 0.3) is 10.6 Å². The van der Waals surface area contributed by atoms with Crippen molar-refractivity contribution in [2.45, 2.75) is 31.6 Å². The molecule has 0 atom stereocenters. The number of aryl methyl sites for hydroxylation is 1. The van der Waals surface area contributed by atoms with Gasteiger partial charge in [-0.25, -0.2) is 13.4 Å². The van der Waals surface area contributed by atoms with Crippen LogP contribution >= 0.6 is 22.7 Å². The van der Waals surface area contributed by atoms with E-state index in [4.69, 9.17) is 0 Å². The maximum atomic E-state index is 12.9. The quantitative estimate of drug-likeness (QED) is 0.517. The normalized spacial score (nSPS) is 15.6. The molecule has 1 amide bonds. The molecule has 0 saturated carbocycles. The molecule has 1 saturated heterocycles. The van der Waals surface area contributed by atoms with Gasteiger partial charge in [0.2, 0.25) is 15.9 Å². The number of benzene rings is 1. The van der Waals surface area contributed by atoms with Crippen LogP contribution in [-0.4, -0.2) is 42.5 Å². The number of hydrogen-bond donors (Lipinski definition) is 1. The molecule has 7 nitrogen and oxygen atoms in total. The summed E-state index contributed by atoms with van der Waals surface area (Å²) < 4.78 is 27.2. The van der Waals surface area contributed by atoms with Crippen molar-refractivity contribution in [3.63, 3.8) is 0 Å². The van der Waals surface area contributed by atoms with Crippen molar-refractivity contribution in [1.29, 1.82) is 0 Å². The Morgan fingerprint density at radius 2 is 1.78 bits per heavy atom. The van der Waals surface area contributed by atoms with Crippen molar-refractivity contribution >= 4 is 49.5 Å². The van der Waals surface area contributed by atoms with Crippen molar-refractivity contribution in [2.75, 3.05) is 18.4 Å². The van der Waals surface area contributed by atoms with Crippen LogP contribution in [0.2, 0.25) is 0 Å². The van der Waals surface area contributed by atoms with Gasteiger partial charge in [-0.2, -0.15) is 4.31 Å². The maximum absolute atomic E-state index is 12.9. The largest absolute Gasteiger partial charge is 0.302 e. The Bertz CT molecular complexity index is 1240. The molecule has 1 aromatic carbocycles. The number of thiazole rings is 1. The Morgan fingerprint density at radius 1 is 1.09 bits per heavy atom. The zero-order valence-corrected chi connectivity index (χ0v) is 20.1. The molecule has 1 aliphatic rings. The van der Waals surface area contributed by atoms with Gasteiger partial charge in [0.15, 0.2) is 10.9 Å². The zero-order chi connectivity index (χ0) is 22.9. The minimum absolute atomic E-state index is 0.112. The first-order valence-corrected chi connectivity index (χ1v) is 13.3. The van der Waals surface area contributed by atoms with Gasteiger partial charge >= 0.3 is 0 Å². The van der Waals surface area contributed by atoms with E-state index in [1.54, 1.807) is 11.3 Å². The molecule has 0 radical (unpaired) electrons. The van der Waals surface area contributed by atoms with Gasteiger partial charge in [-0.15, -0.1) is 22.7 Å². The van der Waals surface area contributed by atoms with Crippen molar-refractivity contribution in [2.24, 2.45) is 5.92 Å². The van der Waals surface area contributed by atoms with Crippen molar-refractivity contribution in [3.05, 3.63) is 52.2 Å². The van der Waals surface area contributed by atoms with Gasteiger partial charge in [0.25, 0.3) is 0 Å². The molecule has 0 bridgehead atoms. The Labute approximate surface area is 195 Å². The van der Waals surface area contributed by atoms with Gasteiger partial charge in [-0.05, 0) is 51.0 Å². The number of carbonyl (C=O) groups excluding carboxylic acids is 2. The number of ketones is 1. The first-order chi connectivity index (χ1) is 15.2. The van der Waals surface area contributed by atoms with Crippen molar-refractivity contribution in [1.82, 2.24) is 9.29 Å². The fraction of sp³-hybridized carbons (Fsp3) is 0.318. The highest BCUT2D eigenvalue weighted by molar-refractivity contribution is 7.89. The summed E-state index contributed by atoms with van der Waals surface area (Å²) in [7, 11) is -3.66. The number of amides is 1. The second-order valence-corrected chi connectivity index (χ2v) is 11.8. The predicted molar refractivity (Wildman–Crippen MR) is 127 cm³/mol. The second-order valence-electron chi connectivity index (χ2n) is 7.70. The number of aromatic nitrogens is 1. The molecule has 2 aromatic heterocycles. The summed E-state index contributed by atoms with van der Waals surface area (Å²) in [6, 6.07) is 10.0. The third-order valence-electron chi connectivity index (χ3n) is 5.45. The highest BCUT2D eigenvalue weighted by Crippen LogP contribution is 2.31. The lowest BCUT2D eigenvalue weighted by Crippen LogP contribution is -2.41. The summed E-state index contributed by atoms with van der Waals surface area (Å²) in [6.45, 7) is 4.02. The van der Waals surface area contributed by atoms with E-state index in [0.29, 0.717) is 23.5 Å². The monoisotopic (exact) mass is 489 g/mol. The third-order valence-corrected chi connectivity index (χ3v) is 9.14. The number of nitrogens with zero attached hydrogens (tertiary/aromatic N) is 2. The molecule has 168 valence electrons. The van der Waals surface area contributed by atoms with Crippen LogP contribution < -0.4 is 5.32 Å². The molecule has 3 aromatic rings. The number of carbonyl (C=O) groups is 2. The summed E-state index contributed by atoms with van der Waals surface area (Å²) in [5.41, 5.74) is 1.32. The fourth-order valence-electron chi connectivity index (χ4n) is 3.59.